The van der Waals surface area contributed by atoms with Gasteiger partial charge in [-0.1, -0.05) is 12.1 Å². The first-order valence-corrected chi connectivity index (χ1v) is 4.49. The molecular formula is C11H13NO. The van der Waals surface area contributed by atoms with Crippen LogP contribution in [0.5, 0.6) is 0 Å². The lowest BCUT2D eigenvalue weighted by atomic mass is 10.0. The minimum atomic E-state index is 0.212. The van der Waals surface area contributed by atoms with Gasteiger partial charge in [-0.05, 0) is 30.5 Å². The van der Waals surface area contributed by atoms with Crippen LogP contribution in [0.4, 0.5) is 0 Å². The lowest BCUT2D eigenvalue weighted by Crippen LogP contribution is -1.91. The quantitative estimate of drug-likeness (QED) is 0.719. The van der Waals surface area contributed by atoms with E-state index in [1.54, 1.807) is 0 Å². The van der Waals surface area contributed by atoms with Gasteiger partial charge in [-0.2, -0.15) is 0 Å². The van der Waals surface area contributed by atoms with Crippen molar-refractivity contribution in [2.75, 3.05) is 6.61 Å². The summed E-state index contributed by atoms with van der Waals surface area (Å²) in [7, 11) is 0. The first kappa shape index (κ1) is 8.32. The van der Waals surface area contributed by atoms with Gasteiger partial charge in [0.1, 0.15) is 0 Å². The number of hydrogen-bond donors (Lipinski definition) is 2. The topological polar surface area (TPSA) is 36.0 Å². The van der Waals surface area contributed by atoms with E-state index in [1.165, 1.54) is 16.5 Å². The smallest absolute Gasteiger partial charge is 0.0471 e. The Kier molecular flexibility index (Phi) is 2.07. The third-order valence-corrected chi connectivity index (χ3v) is 2.37. The van der Waals surface area contributed by atoms with Crippen LogP contribution >= 0.6 is 0 Å². The zero-order valence-electron chi connectivity index (χ0n) is 7.67. The van der Waals surface area contributed by atoms with Crippen molar-refractivity contribution in [2.24, 2.45) is 0 Å². The average Bonchev–Trinajstić information content (AvgIpc) is 2.50. The summed E-state index contributed by atoms with van der Waals surface area (Å²) in [4.78, 5) is 3.21. The molecule has 2 rings (SSSR count). The molecule has 0 amide bonds. The van der Waals surface area contributed by atoms with Gasteiger partial charge < -0.3 is 10.1 Å². The van der Waals surface area contributed by atoms with E-state index >= 15 is 0 Å². The van der Waals surface area contributed by atoms with Crippen LogP contribution in [-0.4, -0.2) is 16.7 Å². The maximum Gasteiger partial charge on any atom is 0.0471 e. The normalized spacial score (nSPS) is 10.9. The van der Waals surface area contributed by atoms with Crippen LogP contribution in [0.1, 0.15) is 11.1 Å². The number of hydrogen-bond acceptors (Lipinski definition) is 1. The second kappa shape index (κ2) is 3.23. The standard InChI is InChI=1S/C11H13NO/c1-8-7-12-10-4-2-3-9(5-6-13)11(8)10/h2-4,7,12-13H,5-6H2,1H3. The molecule has 2 aromatic rings. The van der Waals surface area contributed by atoms with E-state index in [2.05, 4.69) is 24.0 Å². The van der Waals surface area contributed by atoms with Gasteiger partial charge in [0.25, 0.3) is 0 Å². The molecule has 0 unspecified atom stereocenters. The first-order chi connectivity index (χ1) is 6.33. The van der Waals surface area contributed by atoms with Gasteiger partial charge in [0.15, 0.2) is 0 Å². The van der Waals surface area contributed by atoms with E-state index in [9.17, 15) is 0 Å². The molecule has 13 heavy (non-hydrogen) atoms. The number of aromatic nitrogens is 1. The van der Waals surface area contributed by atoms with Crippen molar-refractivity contribution < 1.29 is 5.11 Å². The zero-order chi connectivity index (χ0) is 9.26. The molecule has 2 heteroatoms. The molecule has 1 heterocycles. The minimum absolute atomic E-state index is 0.212. The monoisotopic (exact) mass is 175 g/mol. The van der Waals surface area contributed by atoms with Crippen LogP contribution in [0, 0.1) is 6.92 Å². The number of aromatic amines is 1. The molecule has 0 aliphatic carbocycles. The zero-order valence-corrected chi connectivity index (χ0v) is 7.67. The van der Waals surface area contributed by atoms with E-state index < -0.39 is 0 Å². The second-order valence-corrected chi connectivity index (χ2v) is 3.28. The highest BCUT2D eigenvalue weighted by atomic mass is 16.2. The van der Waals surface area contributed by atoms with Gasteiger partial charge in [-0.15, -0.1) is 0 Å². The molecule has 0 radical (unpaired) electrons. The van der Waals surface area contributed by atoms with Gasteiger partial charge in [0, 0.05) is 23.7 Å². The van der Waals surface area contributed by atoms with Crippen molar-refractivity contribution in [1.82, 2.24) is 4.98 Å². The summed E-state index contributed by atoms with van der Waals surface area (Å²) in [6.45, 7) is 2.30. The molecule has 68 valence electrons. The summed E-state index contributed by atoms with van der Waals surface area (Å²) in [6, 6.07) is 6.14. The summed E-state index contributed by atoms with van der Waals surface area (Å²) in [5, 5.41) is 10.2. The number of fused-ring (bicyclic) bond motifs is 1. The van der Waals surface area contributed by atoms with Gasteiger partial charge >= 0.3 is 0 Å². The Hall–Kier alpha value is -1.28. The molecule has 0 atom stereocenters. The molecule has 0 bridgehead atoms. The van der Waals surface area contributed by atoms with Crippen molar-refractivity contribution in [2.45, 2.75) is 13.3 Å². The Morgan fingerprint density at radius 3 is 3.00 bits per heavy atom. The summed E-state index contributed by atoms with van der Waals surface area (Å²) in [5.41, 5.74) is 3.63. The fraction of sp³-hybridized carbons (Fsp3) is 0.273. The number of H-pyrrole nitrogens is 1. The Morgan fingerprint density at radius 1 is 1.38 bits per heavy atom. The van der Waals surface area contributed by atoms with E-state index in [-0.39, 0.29) is 6.61 Å². The van der Waals surface area contributed by atoms with Gasteiger partial charge in [0.05, 0.1) is 0 Å². The van der Waals surface area contributed by atoms with Crippen LogP contribution in [0.15, 0.2) is 24.4 Å². The Balaban J connectivity index is 2.65. The van der Waals surface area contributed by atoms with E-state index in [4.69, 9.17) is 5.11 Å². The molecule has 1 aromatic heterocycles. The Bertz CT molecular complexity index is 417. The molecule has 0 aliphatic heterocycles. The average molecular weight is 175 g/mol. The highest BCUT2D eigenvalue weighted by Gasteiger charge is 2.03. The van der Waals surface area contributed by atoms with E-state index in [0.29, 0.717) is 0 Å². The third kappa shape index (κ3) is 1.33. The fourth-order valence-electron chi connectivity index (χ4n) is 1.77. The van der Waals surface area contributed by atoms with Gasteiger partial charge in [-0.25, -0.2) is 0 Å². The number of nitrogens with one attached hydrogen (secondary N) is 1. The van der Waals surface area contributed by atoms with Crippen molar-refractivity contribution >= 4 is 10.9 Å². The van der Waals surface area contributed by atoms with Crippen molar-refractivity contribution in [3.63, 3.8) is 0 Å². The molecular weight excluding hydrogens is 162 g/mol. The number of rotatable bonds is 2. The number of aliphatic hydroxyl groups excluding tert-OH is 1. The predicted octanol–water partition coefficient (Wildman–Crippen LogP) is 2.01. The van der Waals surface area contributed by atoms with Crippen molar-refractivity contribution in [3.8, 4) is 0 Å². The lowest BCUT2D eigenvalue weighted by Gasteiger charge is -2.01. The third-order valence-electron chi connectivity index (χ3n) is 2.37. The summed E-state index contributed by atoms with van der Waals surface area (Å²) >= 11 is 0. The highest BCUT2D eigenvalue weighted by Crippen LogP contribution is 2.21. The maximum absolute atomic E-state index is 8.90. The molecule has 0 aliphatic rings. The molecule has 0 spiro atoms. The fourth-order valence-corrected chi connectivity index (χ4v) is 1.77. The molecule has 1 aromatic carbocycles. The minimum Gasteiger partial charge on any atom is -0.396 e. The number of aryl methyl sites for hydroxylation is 1. The molecule has 2 nitrogen and oxygen atoms in total. The molecule has 0 fully saturated rings. The van der Waals surface area contributed by atoms with Gasteiger partial charge in [0.2, 0.25) is 0 Å². The summed E-state index contributed by atoms with van der Waals surface area (Å²) < 4.78 is 0. The number of benzene rings is 1. The van der Waals surface area contributed by atoms with Crippen LogP contribution in [-0.2, 0) is 6.42 Å². The molecule has 0 saturated carbocycles. The van der Waals surface area contributed by atoms with Crippen molar-refractivity contribution in [1.29, 1.82) is 0 Å². The largest absolute Gasteiger partial charge is 0.396 e. The predicted molar refractivity (Wildman–Crippen MR) is 53.8 cm³/mol. The Labute approximate surface area is 77.2 Å². The van der Waals surface area contributed by atoms with E-state index in [1.807, 2.05) is 12.3 Å². The maximum atomic E-state index is 8.90. The lowest BCUT2D eigenvalue weighted by molar-refractivity contribution is 0.300. The van der Waals surface area contributed by atoms with Crippen molar-refractivity contribution in [3.05, 3.63) is 35.5 Å². The summed E-state index contributed by atoms with van der Waals surface area (Å²) in [5.74, 6) is 0. The van der Waals surface area contributed by atoms with Crippen LogP contribution in [0.3, 0.4) is 0 Å². The van der Waals surface area contributed by atoms with Gasteiger partial charge in [-0.3, -0.25) is 0 Å². The van der Waals surface area contributed by atoms with Crippen LogP contribution in [0.25, 0.3) is 10.9 Å². The SMILES string of the molecule is Cc1c[nH]c2cccc(CCO)c12. The molecule has 0 saturated heterocycles. The Morgan fingerprint density at radius 2 is 2.23 bits per heavy atom. The van der Waals surface area contributed by atoms with Crippen LogP contribution < -0.4 is 0 Å². The first-order valence-electron chi connectivity index (χ1n) is 4.49. The second-order valence-electron chi connectivity index (χ2n) is 3.28. The molecule has 2 N–H and O–H groups in total. The summed E-state index contributed by atoms with van der Waals surface area (Å²) in [6.07, 6.45) is 2.74. The highest BCUT2D eigenvalue weighted by molar-refractivity contribution is 5.86. The number of aliphatic hydroxyl groups is 1. The van der Waals surface area contributed by atoms with E-state index in [0.717, 1.165) is 11.9 Å². The van der Waals surface area contributed by atoms with Crippen LogP contribution in [0.2, 0.25) is 0 Å².